The Morgan fingerprint density at radius 2 is 0.889 bits per heavy atom. The molecule has 5 nitrogen and oxygen atoms in total. The fourth-order valence-electron chi connectivity index (χ4n) is 6.36. The number of ether oxygens (including phenoxy) is 2. The zero-order valence-electron chi connectivity index (χ0n) is 33.3. The average molecular weight is 1070 g/mol. The Labute approximate surface area is 368 Å². The number of hydrogen-bond donors (Lipinski definition) is 1. The molecule has 0 bridgehead atoms. The Kier molecular flexibility index (Phi) is 20.2. The van der Waals surface area contributed by atoms with Crippen molar-refractivity contribution in [2.75, 3.05) is 23.9 Å². The molecule has 24 heteroatoms. The molecule has 1 aliphatic rings. The number of carbonyl (C=O) groups excluding carboxylic acids is 2. The van der Waals surface area contributed by atoms with Crippen molar-refractivity contribution in [1.29, 1.82) is 0 Å². The Hall–Kier alpha value is -2.79. The predicted molar refractivity (Wildman–Crippen MR) is 202 cm³/mol. The minimum absolute atomic E-state index is 0.0147. The number of esters is 2. The molecule has 0 aliphatic carbocycles. The van der Waals surface area contributed by atoms with Crippen LogP contribution in [0.5, 0.6) is 0 Å². The van der Waals surface area contributed by atoms with Crippen LogP contribution in [0.25, 0.3) is 0 Å². The Bertz CT molecular complexity index is 1720. The minimum Gasteiger partial charge on any atom is -0.462 e. The predicted octanol–water partition coefficient (Wildman–Crippen LogP) is 13.9. The van der Waals surface area contributed by atoms with Gasteiger partial charge in [-0.2, -0.15) is 74.6 Å². The van der Waals surface area contributed by atoms with Crippen LogP contribution in [0, 0.1) is 0 Å². The molecule has 1 aromatic rings. The summed E-state index contributed by atoms with van der Waals surface area (Å²) < 4.78 is 243. The largest absolute Gasteiger partial charge is 0.462 e. The number of nitrogens with one attached hydrogen (secondary N) is 1. The van der Waals surface area contributed by atoms with Gasteiger partial charge in [-0.25, -0.2) is 9.59 Å². The lowest BCUT2D eigenvalue weighted by Crippen LogP contribution is -2.74. The van der Waals surface area contributed by atoms with E-state index in [9.17, 15) is 84.2 Å². The molecule has 0 aromatic heterocycles. The van der Waals surface area contributed by atoms with Crippen molar-refractivity contribution in [3.63, 3.8) is 0 Å². The summed E-state index contributed by atoms with van der Waals surface area (Å²) in [4.78, 5) is 27.3. The van der Waals surface area contributed by atoms with E-state index in [4.69, 9.17) is 9.47 Å². The first-order valence-corrected chi connectivity index (χ1v) is 21.7. The molecule has 0 saturated carbocycles. The van der Waals surface area contributed by atoms with Crippen LogP contribution in [0.1, 0.15) is 102 Å². The van der Waals surface area contributed by atoms with E-state index in [2.05, 4.69) is 44.1 Å². The maximum atomic E-state index is 14.5. The van der Waals surface area contributed by atoms with Gasteiger partial charge in [0.25, 0.3) is 0 Å². The van der Waals surface area contributed by atoms with Crippen molar-refractivity contribution in [2.24, 2.45) is 0 Å². The van der Waals surface area contributed by atoms with Gasteiger partial charge < -0.3 is 14.8 Å². The third-order valence-electron chi connectivity index (χ3n) is 10.0. The van der Waals surface area contributed by atoms with Gasteiger partial charge in [0.1, 0.15) is 0 Å². The van der Waals surface area contributed by atoms with Gasteiger partial charge >= 0.3 is 59.6 Å². The highest BCUT2D eigenvalue weighted by atomic mass is 79.9. The van der Waals surface area contributed by atoms with E-state index in [1.165, 1.54) is 25.0 Å². The Morgan fingerprint density at radius 1 is 0.524 bits per heavy atom. The van der Waals surface area contributed by atoms with Gasteiger partial charge in [-0.3, -0.25) is 0 Å². The molecule has 1 N–H and O–H groups in total. The van der Waals surface area contributed by atoms with E-state index in [-0.39, 0.29) is 39.8 Å². The molecule has 1 atom stereocenters. The van der Waals surface area contributed by atoms with E-state index >= 15 is 0 Å². The molecular formula is C39H44Br2F17NO4. The molecule has 0 radical (unpaired) electrons. The highest BCUT2D eigenvalue weighted by Gasteiger charge is 2.95. The zero-order chi connectivity index (χ0) is 48.3. The summed E-state index contributed by atoms with van der Waals surface area (Å²) in [5.41, 5.74) is 0.426. The number of alkyl halides is 19. The van der Waals surface area contributed by atoms with Gasteiger partial charge in [-0.1, -0.05) is 127 Å². The molecule has 362 valence electrons. The van der Waals surface area contributed by atoms with Crippen LogP contribution < -0.4 is 5.32 Å². The highest BCUT2D eigenvalue weighted by Crippen LogP contribution is 2.64. The Balaban J connectivity index is 2.22. The van der Waals surface area contributed by atoms with Crippen LogP contribution in [-0.4, -0.2) is 83.4 Å². The first kappa shape index (κ1) is 56.3. The van der Waals surface area contributed by atoms with E-state index < -0.39 is 91.4 Å². The van der Waals surface area contributed by atoms with E-state index in [0.29, 0.717) is 12.0 Å². The van der Waals surface area contributed by atoms with Crippen LogP contribution >= 0.6 is 31.9 Å². The SMILES string of the molecule is CCCCCCCCCCCCOC(=O)C1=C(CBr)NC(CBr)=C(C(=O)OCCCCC(F)(F)C(F)(F)C(F)(F)C(F)(F)C(F)(F)C(F)(F)C(F)(F)C(F)(F)F)C1c1ccccc1. The number of allylic oxidation sites excluding steroid dienone is 2. The summed E-state index contributed by atoms with van der Waals surface area (Å²) in [7, 11) is 0. The number of hydrogen-bond acceptors (Lipinski definition) is 5. The fourth-order valence-corrected chi connectivity index (χ4v) is 7.24. The normalized spacial score (nSPS) is 16.3. The lowest BCUT2D eigenvalue weighted by molar-refractivity contribution is -0.461. The van der Waals surface area contributed by atoms with Gasteiger partial charge in [0.2, 0.25) is 0 Å². The number of benzene rings is 1. The van der Waals surface area contributed by atoms with Crippen LogP contribution in [0.15, 0.2) is 52.9 Å². The summed E-state index contributed by atoms with van der Waals surface area (Å²) in [5.74, 6) is -60.2. The second-order valence-corrected chi connectivity index (χ2v) is 15.7. The minimum atomic E-state index is -8.71. The van der Waals surface area contributed by atoms with Gasteiger partial charge in [0.15, 0.2) is 0 Å². The van der Waals surface area contributed by atoms with Crippen molar-refractivity contribution in [2.45, 2.75) is 144 Å². The molecule has 1 heterocycles. The van der Waals surface area contributed by atoms with E-state index in [0.717, 1.165) is 44.9 Å². The van der Waals surface area contributed by atoms with Crippen LogP contribution in [0.3, 0.4) is 0 Å². The first-order chi connectivity index (χ1) is 29.0. The Morgan fingerprint density at radius 3 is 1.29 bits per heavy atom. The van der Waals surface area contributed by atoms with Crippen molar-refractivity contribution in [1.82, 2.24) is 5.32 Å². The molecule has 2 rings (SSSR count). The molecule has 1 aromatic carbocycles. The summed E-state index contributed by atoms with van der Waals surface area (Å²) >= 11 is 6.49. The van der Waals surface area contributed by atoms with Crippen molar-refractivity contribution >= 4 is 43.8 Å². The topological polar surface area (TPSA) is 64.6 Å². The number of unbranched alkanes of at least 4 members (excludes halogenated alkanes) is 10. The fraction of sp³-hybridized carbons (Fsp3) is 0.692. The number of rotatable bonds is 27. The maximum Gasteiger partial charge on any atom is 0.460 e. The number of carbonyl (C=O) groups is 2. The van der Waals surface area contributed by atoms with E-state index in [1.54, 1.807) is 18.2 Å². The van der Waals surface area contributed by atoms with E-state index in [1.807, 2.05) is 0 Å². The van der Waals surface area contributed by atoms with Crippen LogP contribution in [0.4, 0.5) is 74.6 Å². The molecule has 0 spiro atoms. The number of halogens is 19. The summed E-state index contributed by atoms with van der Waals surface area (Å²) in [6, 6.07) is 7.82. The molecular weight excluding hydrogens is 1030 g/mol. The smallest absolute Gasteiger partial charge is 0.460 e. The third-order valence-corrected chi connectivity index (χ3v) is 11.1. The molecule has 1 aliphatic heterocycles. The molecule has 63 heavy (non-hydrogen) atoms. The highest BCUT2D eigenvalue weighted by molar-refractivity contribution is 9.09. The second-order valence-electron chi connectivity index (χ2n) is 14.6. The second kappa shape index (κ2) is 22.6. The van der Waals surface area contributed by atoms with Gasteiger partial charge in [-0.05, 0) is 24.8 Å². The standard InChI is InChI=1S/C39H44Br2F17NO4/c1-2-3-4-5-6-7-8-9-10-15-20-62-30(60)28-25(22-40)59-26(23-41)29(27(28)24-17-12-11-13-18-24)31(61)63-21-16-14-19-32(42,43)33(44,45)34(46,47)35(48,49)36(50,51)37(52,53)38(54,55)39(56,57)58/h11-13,17-18,27,59H,2-10,14-16,19-23H2,1H3. The first-order valence-electron chi connectivity index (χ1n) is 19.4. The lowest BCUT2D eigenvalue weighted by Gasteiger charge is -2.42. The van der Waals surface area contributed by atoms with Crippen molar-refractivity contribution in [3.05, 3.63) is 58.4 Å². The molecule has 0 fully saturated rings. The van der Waals surface area contributed by atoms with Crippen LogP contribution in [0.2, 0.25) is 0 Å². The quantitative estimate of drug-likeness (QED) is 0.0412. The lowest BCUT2D eigenvalue weighted by atomic mass is 9.80. The van der Waals surface area contributed by atoms with Gasteiger partial charge in [0, 0.05) is 28.5 Å². The van der Waals surface area contributed by atoms with Crippen molar-refractivity contribution < 1.29 is 93.7 Å². The number of dihydropyridines is 1. The molecule has 0 saturated heterocycles. The molecule has 1 unspecified atom stereocenters. The molecule has 0 amide bonds. The monoisotopic (exact) mass is 1070 g/mol. The third kappa shape index (κ3) is 12.2. The van der Waals surface area contributed by atoms with Crippen LogP contribution in [-0.2, 0) is 19.1 Å². The maximum absolute atomic E-state index is 14.5. The summed E-state index contributed by atoms with van der Waals surface area (Å²) in [6.07, 6.45) is -2.90. The zero-order valence-corrected chi connectivity index (χ0v) is 36.5. The summed E-state index contributed by atoms with van der Waals surface area (Å²) in [5, 5.41) is 2.84. The van der Waals surface area contributed by atoms with Gasteiger partial charge in [0.05, 0.1) is 30.3 Å². The average Bonchev–Trinajstić information content (AvgIpc) is 3.20. The van der Waals surface area contributed by atoms with Gasteiger partial charge in [-0.15, -0.1) is 0 Å². The summed E-state index contributed by atoms with van der Waals surface area (Å²) in [6.45, 7) is 1.13. The van der Waals surface area contributed by atoms with Crippen molar-refractivity contribution in [3.8, 4) is 0 Å².